The van der Waals surface area contributed by atoms with Gasteiger partial charge in [0.2, 0.25) is 5.16 Å². The maximum Gasteiger partial charge on any atom is 0.212 e. The topological polar surface area (TPSA) is 43.1 Å². The molecule has 0 radical (unpaired) electrons. The van der Waals surface area contributed by atoms with Gasteiger partial charge < -0.3 is 17.0 Å². The molecule has 1 aromatic heterocycles. The molecule has 4 nitrogen and oxygen atoms in total. The molecule has 100 valence electrons. The van der Waals surface area contributed by atoms with Crippen LogP contribution >= 0.6 is 23.4 Å². The number of hydrogen-bond donors (Lipinski definition) is 0. The Kier molecular flexibility index (Phi) is 4.65. The van der Waals surface area contributed by atoms with E-state index >= 15 is 0 Å². The van der Waals surface area contributed by atoms with Crippen molar-refractivity contribution in [1.82, 2.24) is 14.9 Å². The summed E-state index contributed by atoms with van der Waals surface area (Å²) >= 11 is 7.55. The van der Waals surface area contributed by atoms with E-state index in [2.05, 4.69) is 15.3 Å². The Labute approximate surface area is 131 Å². The van der Waals surface area contributed by atoms with Crippen molar-refractivity contribution < 1.29 is 17.0 Å². The summed E-state index contributed by atoms with van der Waals surface area (Å²) in [5.41, 5.74) is 2.12. The van der Waals surface area contributed by atoms with Gasteiger partial charge in [0.15, 0.2) is 5.82 Å². The van der Waals surface area contributed by atoms with Crippen LogP contribution in [-0.2, 0) is 6.42 Å². The highest BCUT2D eigenvalue weighted by molar-refractivity contribution is 7.99. The van der Waals surface area contributed by atoms with E-state index in [1.165, 1.54) is 0 Å². The van der Waals surface area contributed by atoms with Crippen LogP contribution in [0.3, 0.4) is 0 Å². The van der Waals surface area contributed by atoms with Crippen molar-refractivity contribution in [2.45, 2.75) is 18.5 Å². The van der Waals surface area contributed by atoms with Crippen molar-refractivity contribution in [3.05, 3.63) is 40.7 Å². The third kappa shape index (κ3) is 2.85. The first-order chi connectivity index (χ1) is 8.78. The van der Waals surface area contributed by atoms with E-state index in [0.29, 0.717) is 0 Å². The molecule has 0 amide bonds. The number of aryl methyl sites for hydroxylation is 1. The lowest BCUT2D eigenvalue weighted by Gasteiger charge is -2.13. The SMILES string of the molecule is CCc1nnc2n1N=C(c1ccc(Cl)cc1)CS2.[Br-]. The summed E-state index contributed by atoms with van der Waals surface area (Å²) < 4.78 is 1.83. The molecule has 1 aliphatic heterocycles. The maximum absolute atomic E-state index is 5.89. The van der Waals surface area contributed by atoms with Gasteiger partial charge in [0.05, 0.1) is 5.71 Å². The van der Waals surface area contributed by atoms with E-state index in [1.807, 2.05) is 35.9 Å². The molecule has 0 saturated carbocycles. The molecule has 0 spiro atoms. The molecule has 1 aliphatic rings. The number of nitrogens with zero attached hydrogens (tertiary/aromatic N) is 4. The van der Waals surface area contributed by atoms with Crippen molar-refractivity contribution in [2.75, 3.05) is 5.75 Å². The van der Waals surface area contributed by atoms with Gasteiger partial charge >= 0.3 is 0 Å². The summed E-state index contributed by atoms with van der Waals surface area (Å²) in [5.74, 6) is 1.70. The summed E-state index contributed by atoms with van der Waals surface area (Å²) in [7, 11) is 0. The fourth-order valence-corrected chi connectivity index (χ4v) is 2.76. The van der Waals surface area contributed by atoms with Crippen LogP contribution in [-0.4, -0.2) is 26.3 Å². The van der Waals surface area contributed by atoms with Crippen LogP contribution < -0.4 is 17.0 Å². The highest BCUT2D eigenvalue weighted by Gasteiger charge is 2.18. The molecule has 19 heavy (non-hydrogen) atoms. The number of fused-ring (bicyclic) bond motifs is 1. The number of rotatable bonds is 2. The van der Waals surface area contributed by atoms with Gasteiger partial charge in [0.25, 0.3) is 0 Å². The second-order valence-electron chi connectivity index (χ2n) is 3.91. The predicted octanol–water partition coefficient (Wildman–Crippen LogP) is -0.144. The fraction of sp³-hybridized carbons (Fsp3) is 0.250. The van der Waals surface area contributed by atoms with Crippen LogP contribution in [0.15, 0.2) is 34.5 Å². The van der Waals surface area contributed by atoms with Crippen molar-refractivity contribution in [1.29, 1.82) is 0 Å². The summed E-state index contributed by atoms with van der Waals surface area (Å²) in [4.78, 5) is 0. The first-order valence-electron chi connectivity index (χ1n) is 5.69. The van der Waals surface area contributed by atoms with Gasteiger partial charge in [0.1, 0.15) is 0 Å². The summed E-state index contributed by atoms with van der Waals surface area (Å²) in [6.45, 7) is 2.05. The largest absolute Gasteiger partial charge is 1.00 e. The monoisotopic (exact) mass is 357 g/mol. The van der Waals surface area contributed by atoms with E-state index in [-0.39, 0.29) is 17.0 Å². The maximum atomic E-state index is 5.89. The molecule has 0 atom stereocenters. The number of aromatic nitrogens is 3. The standard InChI is InChI=1S/C12H11ClN4S.BrH/c1-2-11-14-15-12-17(11)16-10(7-18-12)8-3-5-9(13)6-4-8;/h3-6H,2,7H2,1H3;1H/p-1. The lowest BCUT2D eigenvalue weighted by atomic mass is 10.1. The Bertz CT molecular complexity index is 609. The first-order valence-corrected chi connectivity index (χ1v) is 7.05. The van der Waals surface area contributed by atoms with Crippen LogP contribution in [0.2, 0.25) is 5.02 Å². The van der Waals surface area contributed by atoms with E-state index in [9.17, 15) is 0 Å². The summed E-state index contributed by atoms with van der Waals surface area (Å²) in [6, 6.07) is 7.74. The minimum absolute atomic E-state index is 0. The highest BCUT2D eigenvalue weighted by atomic mass is 79.9. The van der Waals surface area contributed by atoms with Crippen LogP contribution in [0.25, 0.3) is 0 Å². The molecule has 0 N–H and O–H groups in total. The van der Waals surface area contributed by atoms with Gasteiger partial charge in [0, 0.05) is 17.2 Å². The average Bonchev–Trinajstić information content (AvgIpc) is 2.81. The van der Waals surface area contributed by atoms with Crippen molar-refractivity contribution in [3.63, 3.8) is 0 Å². The summed E-state index contributed by atoms with van der Waals surface area (Å²) in [5, 5.41) is 14.5. The molecule has 7 heteroatoms. The van der Waals surface area contributed by atoms with E-state index in [1.54, 1.807) is 11.8 Å². The first kappa shape index (κ1) is 14.6. The lowest BCUT2D eigenvalue weighted by molar-refractivity contribution is -0.00000367. The minimum atomic E-state index is 0. The van der Waals surface area contributed by atoms with Gasteiger partial charge in [-0.15, -0.1) is 10.2 Å². The van der Waals surface area contributed by atoms with Gasteiger partial charge in [-0.2, -0.15) is 9.78 Å². The average molecular weight is 359 g/mol. The molecule has 0 aliphatic carbocycles. The van der Waals surface area contributed by atoms with Gasteiger partial charge in [-0.05, 0) is 17.7 Å². The zero-order chi connectivity index (χ0) is 12.5. The molecule has 0 saturated heterocycles. The van der Waals surface area contributed by atoms with Crippen LogP contribution in [0, 0.1) is 0 Å². The zero-order valence-electron chi connectivity index (χ0n) is 10.2. The minimum Gasteiger partial charge on any atom is -1.00 e. The quantitative estimate of drug-likeness (QED) is 0.750. The molecular weight excluding hydrogens is 348 g/mol. The molecular formula is C12H11BrClN4S-. The Hall–Kier alpha value is -0.850. The molecule has 0 bridgehead atoms. The highest BCUT2D eigenvalue weighted by Crippen LogP contribution is 2.24. The van der Waals surface area contributed by atoms with Crippen molar-refractivity contribution in [2.24, 2.45) is 5.10 Å². The van der Waals surface area contributed by atoms with Crippen LogP contribution in [0.4, 0.5) is 0 Å². The van der Waals surface area contributed by atoms with E-state index in [0.717, 1.165) is 39.5 Å². The third-order valence-corrected chi connectivity index (χ3v) is 3.91. The molecule has 0 unspecified atom stereocenters. The fourth-order valence-electron chi connectivity index (χ4n) is 1.77. The van der Waals surface area contributed by atoms with E-state index in [4.69, 9.17) is 11.6 Å². The number of halogens is 2. The van der Waals surface area contributed by atoms with Gasteiger partial charge in [-0.1, -0.05) is 42.4 Å². The molecule has 2 aromatic rings. The summed E-state index contributed by atoms with van der Waals surface area (Å²) in [6.07, 6.45) is 0.824. The van der Waals surface area contributed by atoms with Gasteiger partial charge in [-0.25, -0.2) is 0 Å². The number of hydrogen-bond acceptors (Lipinski definition) is 4. The zero-order valence-corrected chi connectivity index (χ0v) is 13.3. The van der Waals surface area contributed by atoms with Crippen molar-refractivity contribution >= 4 is 29.1 Å². The smallest absolute Gasteiger partial charge is 0.212 e. The Morgan fingerprint density at radius 1 is 1.26 bits per heavy atom. The second-order valence-corrected chi connectivity index (χ2v) is 5.29. The lowest BCUT2D eigenvalue weighted by Crippen LogP contribution is -3.00. The second kappa shape index (κ2) is 6.07. The predicted molar refractivity (Wildman–Crippen MR) is 73.5 cm³/mol. The molecule has 3 rings (SSSR count). The van der Waals surface area contributed by atoms with E-state index < -0.39 is 0 Å². The Morgan fingerprint density at radius 2 is 2.00 bits per heavy atom. The molecule has 0 fully saturated rings. The Morgan fingerprint density at radius 3 is 2.68 bits per heavy atom. The molecule has 1 aromatic carbocycles. The molecule has 2 heterocycles. The van der Waals surface area contributed by atoms with Crippen LogP contribution in [0.1, 0.15) is 18.3 Å². The number of benzene rings is 1. The van der Waals surface area contributed by atoms with Crippen molar-refractivity contribution in [3.8, 4) is 0 Å². The third-order valence-electron chi connectivity index (χ3n) is 2.73. The Balaban J connectivity index is 0.00000133. The normalized spacial score (nSPS) is 13.5. The van der Waals surface area contributed by atoms with Gasteiger partial charge in [-0.3, -0.25) is 0 Å². The van der Waals surface area contributed by atoms with Crippen LogP contribution in [0.5, 0.6) is 0 Å². The number of thioether (sulfide) groups is 1.